The molecule has 10 nitrogen and oxygen atoms in total. The Labute approximate surface area is 250 Å². The molecule has 0 amide bonds. The highest BCUT2D eigenvalue weighted by atomic mass is 19.4. The number of halogens is 5. The molecule has 0 saturated carbocycles. The molecular formula is C29H32F5N7O3. The van der Waals surface area contributed by atoms with Crippen LogP contribution < -0.4 is 14.8 Å². The SMILES string of the molecule is CN1CCC[C@H]1C(Oc1cc(O[C@H]2CCN[C@H](CC#N)C2)nc(-c2noc(C(C)(C)c3c(F)cccc3F)n2)n1)C(F)(F)F. The molecular weight excluding hydrogens is 589 g/mol. The maximum absolute atomic E-state index is 14.6. The average molecular weight is 622 g/mol. The van der Waals surface area contributed by atoms with Crippen molar-refractivity contribution < 1.29 is 35.9 Å². The number of aromatic nitrogens is 4. The summed E-state index contributed by atoms with van der Waals surface area (Å²) in [5.41, 5.74) is -1.73. The van der Waals surface area contributed by atoms with Crippen LogP contribution in [0.3, 0.4) is 0 Å². The van der Waals surface area contributed by atoms with Crippen LogP contribution in [-0.4, -0.2) is 75.6 Å². The number of ether oxygens (including phenoxy) is 2. The van der Waals surface area contributed by atoms with Crippen molar-refractivity contribution in [3.05, 3.63) is 47.4 Å². The number of rotatable bonds is 9. The Morgan fingerprint density at radius 1 is 1.11 bits per heavy atom. The van der Waals surface area contributed by atoms with E-state index in [1.165, 1.54) is 26.0 Å². The monoisotopic (exact) mass is 621 g/mol. The predicted molar refractivity (Wildman–Crippen MR) is 146 cm³/mol. The second-order valence-electron chi connectivity index (χ2n) is 11.6. The Balaban J connectivity index is 1.51. The molecule has 1 N–H and O–H groups in total. The second-order valence-corrected chi connectivity index (χ2v) is 11.6. The van der Waals surface area contributed by atoms with Gasteiger partial charge in [-0.2, -0.15) is 33.4 Å². The van der Waals surface area contributed by atoms with E-state index in [1.807, 2.05) is 0 Å². The number of benzene rings is 1. The van der Waals surface area contributed by atoms with Crippen molar-refractivity contribution in [2.45, 2.75) is 81.8 Å². The molecule has 0 radical (unpaired) electrons. The minimum absolute atomic E-state index is 0.0842. The summed E-state index contributed by atoms with van der Waals surface area (Å²) in [7, 11) is 1.61. The Morgan fingerprint density at radius 2 is 1.84 bits per heavy atom. The van der Waals surface area contributed by atoms with Gasteiger partial charge in [-0.3, -0.25) is 4.90 Å². The van der Waals surface area contributed by atoms with Gasteiger partial charge < -0.3 is 19.3 Å². The van der Waals surface area contributed by atoms with E-state index < -0.39 is 47.4 Å². The highest BCUT2D eigenvalue weighted by Crippen LogP contribution is 2.36. The highest BCUT2D eigenvalue weighted by Gasteiger charge is 2.50. The predicted octanol–water partition coefficient (Wildman–Crippen LogP) is 4.95. The molecule has 4 atom stereocenters. The van der Waals surface area contributed by atoms with Crippen LogP contribution in [0.5, 0.6) is 11.8 Å². The van der Waals surface area contributed by atoms with Gasteiger partial charge in [0.15, 0.2) is 0 Å². The van der Waals surface area contributed by atoms with Crippen molar-refractivity contribution in [2.75, 3.05) is 20.1 Å². The number of piperidine rings is 1. The smallest absolute Gasteiger partial charge is 0.427 e. The van der Waals surface area contributed by atoms with E-state index in [0.29, 0.717) is 32.4 Å². The molecule has 5 rings (SSSR count). The molecule has 2 fully saturated rings. The third kappa shape index (κ3) is 6.76. The highest BCUT2D eigenvalue weighted by molar-refractivity contribution is 5.46. The normalized spacial score (nSPS) is 22.0. The zero-order chi connectivity index (χ0) is 31.6. The summed E-state index contributed by atoms with van der Waals surface area (Å²) in [4.78, 5) is 14.4. The minimum atomic E-state index is -4.71. The molecule has 2 saturated heterocycles. The largest absolute Gasteiger partial charge is 0.474 e. The van der Waals surface area contributed by atoms with Crippen molar-refractivity contribution in [2.24, 2.45) is 0 Å². The summed E-state index contributed by atoms with van der Waals surface area (Å²) in [6.45, 7) is 4.04. The van der Waals surface area contributed by atoms with Gasteiger partial charge in [0.1, 0.15) is 17.7 Å². The van der Waals surface area contributed by atoms with Crippen molar-refractivity contribution in [3.63, 3.8) is 0 Å². The van der Waals surface area contributed by atoms with Crippen molar-refractivity contribution in [3.8, 4) is 29.5 Å². The lowest BCUT2D eigenvalue weighted by molar-refractivity contribution is -0.209. The molecule has 1 aromatic carbocycles. The van der Waals surface area contributed by atoms with Gasteiger partial charge in [-0.15, -0.1) is 0 Å². The Hall–Kier alpha value is -3.90. The summed E-state index contributed by atoms with van der Waals surface area (Å²) in [6, 6.07) is 5.68. The first kappa shape index (κ1) is 31.5. The Bertz CT molecular complexity index is 1490. The van der Waals surface area contributed by atoms with Gasteiger partial charge in [-0.1, -0.05) is 11.2 Å². The number of hydrogen-bond donors (Lipinski definition) is 1. The van der Waals surface area contributed by atoms with Crippen LogP contribution in [0.4, 0.5) is 22.0 Å². The van der Waals surface area contributed by atoms with Crippen LogP contribution in [-0.2, 0) is 5.41 Å². The third-order valence-corrected chi connectivity index (χ3v) is 8.00. The topological polar surface area (TPSA) is 122 Å². The van der Waals surface area contributed by atoms with Gasteiger partial charge in [0.05, 0.1) is 30.0 Å². The van der Waals surface area contributed by atoms with Gasteiger partial charge in [0, 0.05) is 18.0 Å². The fraction of sp³-hybridized carbons (Fsp3) is 0.552. The van der Waals surface area contributed by atoms with Crippen LogP contribution >= 0.6 is 0 Å². The second kappa shape index (κ2) is 12.6. The molecule has 0 bridgehead atoms. The van der Waals surface area contributed by atoms with E-state index in [2.05, 4.69) is 31.5 Å². The number of likely N-dealkylation sites (tertiary alicyclic amines) is 1. The molecule has 236 valence electrons. The molecule has 0 aliphatic carbocycles. The zero-order valence-corrected chi connectivity index (χ0v) is 24.4. The van der Waals surface area contributed by atoms with Gasteiger partial charge in [0.2, 0.25) is 35.4 Å². The van der Waals surface area contributed by atoms with Gasteiger partial charge in [0.25, 0.3) is 0 Å². The van der Waals surface area contributed by atoms with Crippen molar-refractivity contribution in [1.29, 1.82) is 5.26 Å². The van der Waals surface area contributed by atoms with Crippen molar-refractivity contribution in [1.82, 2.24) is 30.3 Å². The first-order valence-corrected chi connectivity index (χ1v) is 14.3. The van der Waals surface area contributed by atoms with E-state index in [-0.39, 0.29) is 47.9 Å². The Morgan fingerprint density at radius 3 is 2.50 bits per heavy atom. The molecule has 4 heterocycles. The molecule has 3 aromatic rings. The summed E-state index contributed by atoms with van der Waals surface area (Å²) in [5.74, 6) is -2.81. The summed E-state index contributed by atoms with van der Waals surface area (Å²) >= 11 is 0. The van der Waals surface area contributed by atoms with Gasteiger partial charge >= 0.3 is 6.18 Å². The number of hydrogen-bond acceptors (Lipinski definition) is 10. The fourth-order valence-corrected chi connectivity index (χ4v) is 5.72. The summed E-state index contributed by atoms with van der Waals surface area (Å²) < 4.78 is 89.0. The average Bonchev–Trinajstić information content (AvgIpc) is 3.61. The standard InChI is InChI=1S/C29H32F5N7O3/c1-28(2,23-18(30)6-4-7-19(23)31)27-39-26(40-44-27)25-37-21(42-17-10-12-36-16(14-17)9-11-35)15-22(38-25)43-24(29(32,33)34)20-8-5-13-41(20)3/h4,6-7,15-17,20,24,36H,5,8-10,12-14H2,1-3H3/t16-,17+,20+,24?/m1/s1. The maximum atomic E-state index is 14.6. The molecule has 2 aliphatic heterocycles. The number of nitrogens with zero attached hydrogens (tertiary/aromatic N) is 6. The lowest BCUT2D eigenvalue weighted by atomic mass is 9.83. The molecule has 15 heteroatoms. The fourth-order valence-electron chi connectivity index (χ4n) is 5.72. The van der Waals surface area contributed by atoms with Gasteiger partial charge in [-0.25, -0.2) is 8.78 Å². The van der Waals surface area contributed by atoms with Crippen LogP contribution in [0.2, 0.25) is 0 Å². The number of alkyl halides is 3. The van der Waals surface area contributed by atoms with Crippen LogP contribution in [0.15, 0.2) is 28.8 Å². The quantitative estimate of drug-likeness (QED) is 0.329. The Kier molecular flexibility index (Phi) is 9.03. The van der Waals surface area contributed by atoms with E-state index in [9.17, 15) is 22.0 Å². The van der Waals surface area contributed by atoms with Crippen molar-refractivity contribution >= 4 is 0 Å². The molecule has 44 heavy (non-hydrogen) atoms. The summed E-state index contributed by atoms with van der Waals surface area (Å²) in [6.07, 6.45) is -5.13. The van der Waals surface area contributed by atoms with E-state index in [4.69, 9.17) is 19.3 Å². The zero-order valence-electron chi connectivity index (χ0n) is 24.4. The van der Waals surface area contributed by atoms with E-state index in [1.54, 1.807) is 11.9 Å². The molecule has 1 unspecified atom stereocenters. The van der Waals surface area contributed by atoms with Crippen LogP contribution in [0.25, 0.3) is 11.6 Å². The van der Waals surface area contributed by atoms with Gasteiger partial charge in [-0.05, 0) is 65.4 Å². The van der Waals surface area contributed by atoms with Crippen LogP contribution in [0.1, 0.15) is 57.4 Å². The van der Waals surface area contributed by atoms with E-state index in [0.717, 1.165) is 12.1 Å². The lowest BCUT2D eigenvalue weighted by Crippen LogP contribution is -2.49. The number of nitriles is 1. The number of likely N-dealkylation sites (N-methyl/N-ethyl adjacent to an activating group) is 1. The minimum Gasteiger partial charge on any atom is -0.474 e. The maximum Gasteiger partial charge on any atom is 0.427 e. The first-order chi connectivity index (χ1) is 20.9. The van der Waals surface area contributed by atoms with E-state index >= 15 is 0 Å². The van der Waals surface area contributed by atoms with Crippen LogP contribution in [0, 0.1) is 23.0 Å². The third-order valence-electron chi connectivity index (χ3n) is 8.00. The molecule has 2 aliphatic rings. The molecule has 2 aromatic heterocycles. The summed E-state index contributed by atoms with van der Waals surface area (Å²) in [5, 5.41) is 16.2. The lowest BCUT2D eigenvalue weighted by Gasteiger charge is -2.31. The first-order valence-electron chi connectivity index (χ1n) is 14.3. The molecule has 0 spiro atoms. The number of nitrogens with one attached hydrogen (secondary N) is 1.